The number of likely N-dealkylation sites (tertiary alicyclic amines) is 1. The van der Waals surface area contributed by atoms with Crippen molar-refractivity contribution < 1.29 is 13.5 Å². The molecule has 6 rings (SSSR count). The standard InChI is InChI=1S/C27H33NO3S/c1-2-27(22-9-5-6-19(12-22)17-32(30,31)23-10-11-23)24-15-28(16-25(24)27)18-26(29)13-20-7-3-4-8-21(20)14-26/h3-9,12,23-25,29H,2,10-11,13-18H2,1H3/t24-,25+,27?. The van der Waals surface area contributed by atoms with Crippen LogP contribution in [0, 0.1) is 11.8 Å². The van der Waals surface area contributed by atoms with Gasteiger partial charge in [-0.15, -0.1) is 0 Å². The Morgan fingerprint density at radius 2 is 1.66 bits per heavy atom. The molecule has 2 saturated carbocycles. The smallest absolute Gasteiger partial charge is 0.157 e. The van der Waals surface area contributed by atoms with Crippen molar-refractivity contribution in [2.45, 2.75) is 61.0 Å². The summed E-state index contributed by atoms with van der Waals surface area (Å²) in [6, 6.07) is 16.8. The molecule has 1 N–H and O–H groups in total. The number of sulfone groups is 1. The van der Waals surface area contributed by atoms with Crippen LogP contribution in [0.2, 0.25) is 0 Å². The van der Waals surface area contributed by atoms with Gasteiger partial charge >= 0.3 is 0 Å². The highest BCUT2D eigenvalue weighted by Crippen LogP contribution is 2.65. The van der Waals surface area contributed by atoms with E-state index in [1.165, 1.54) is 16.7 Å². The first kappa shape index (κ1) is 20.9. The fourth-order valence-corrected chi connectivity index (χ4v) is 8.77. The Morgan fingerprint density at radius 1 is 1.00 bits per heavy atom. The second-order valence-corrected chi connectivity index (χ2v) is 13.1. The topological polar surface area (TPSA) is 57.6 Å². The van der Waals surface area contributed by atoms with Crippen LogP contribution < -0.4 is 0 Å². The Bertz CT molecular complexity index is 1120. The third-order valence-corrected chi connectivity index (χ3v) is 11.0. The molecule has 0 bridgehead atoms. The van der Waals surface area contributed by atoms with Gasteiger partial charge in [0.2, 0.25) is 0 Å². The van der Waals surface area contributed by atoms with Crippen LogP contribution in [0.25, 0.3) is 0 Å². The minimum Gasteiger partial charge on any atom is -0.388 e. The summed E-state index contributed by atoms with van der Waals surface area (Å²) in [6.45, 7) is 5.08. The lowest BCUT2D eigenvalue weighted by atomic mass is 9.86. The van der Waals surface area contributed by atoms with Crippen molar-refractivity contribution in [1.29, 1.82) is 0 Å². The Hall–Kier alpha value is -1.69. The lowest BCUT2D eigenvalue weighted by Crippen LogP contribution is -2.45. The molecule has 3 aliphatic carbocycles. The monoisotopic (exact) mass is 451 g/mol. The highest BCUT2D eigenvalue weighted by Gasteiger charge is 2.67. The first-order valence-electron chi connectivity index (χ1n) is 12.2. The van der Waals surface area contributed by atoms with E-state index in [0.717, 1.165) is 57.3 Å². The number of fused-ring (bicyclic) bond motifs is 2. The summed E-state index contributed by atoms with van der Waals surface area (Å²) in [4.78, 5) is 2.47. The molecule has 2 aromatic rings. The molecule has 2 aromatic carbocycles. The molecule has 1 heterocycles. The van der Waals surface area contributed by atoms with Crippen molar-refractivity contribution in [2.75, 3.05) is 19.6 Å². The maximum absolute atomic E-state index is 12.5. The molecule has 4 nitrogen and oxygen atoms in total. The third-order valence-electron chi connectivity index (χ3n) is 8.73. The molecule has 1 aliphatic heterocycles. The molecule has 0 spiro atoms. The van der Waals surface area contributed by atoms with Crippen LogP contribution in [0.15, 0.2) is 48.5 Å². The van der Waals surface area contributed by atoms with Gasteiger partial charge in [-0.2, -0.15) is 0 Å². The number of nitrogens with zero attached hydrogens (tertiary/aromatic N) is 1. The van der Waals surface area contributed by atoms with Crippen LogP contribution in [0.1, 0.15) is 48.4 Å². The van der Waals surface area contributed by atoms with E-state index < -0.39 is 15.4 Å². The number of hydrogen-bond donors (Lipinski definition) is 1. The molecule has 4 aliphatic rings. The molecule has 5 heteroatoms. The van der Waals surface area contributed by atoms with Crippen molar-refractivity contribution in [3.63, 3.8) is 0 Å². The van der Waals surface area contributed by atoms with Gasteiger partial charge in [0.15, 0.2) is 9.84 Å². The fraction of sp³-hybridized carbons (Fsp3) is 0.556. The van der Waals surface area contributed by atoms with E-state index in [4.69, 9.17) is 0 Å². The molecule has 0 radical (unpaired) electrons. The van der Waals surface area contributed by atoms with Gasteiger partial charge in [0.25, 0.3) is 0 Å². The Labute approximate surface area is 191 Å². The summed E-state index contributed by atoms with van der Waals surface area (Å²) in [6.07, 6.45) is 4.26. The molecule has 3 fully saturated rings. The lowest BCUT2D eigenvalue weighted by Gasteiger charge is -2.32. The summed E-state index contributed by atoms with van der Waals surface area (Å²) in [5.41, 5.74) is 4.39. The largest absolute Gasteiger partial charge is 0.388 e. The minimum atomic E-state index is -3.00. The zero-order chi connectivity index (χ0) is 22.1. The number of β-amino-alcohol motifs (C(OH)–C–C–N with tert-alkyl or cyclic N) is 1. The predicted molar refractivity (Wildman–Crippen MR) is 126 cm³/mol. The SMILES string of the molecule is CCC1(c2cccc(CS(=O)(=O)C3CC3)c2)[C@@H]2CN(CC3(O)Cc4ccccc4C3)C[C@@H]21. The lowest BCUT2D eigenvalue weighted by molar-refractivity contribution is 0.0139. The van der Waals surface area contributed by atoms with Crippen molar-refractivity contribution in [2.24, 2.45) is 11.8 Å². The molecule has 1 saturated heterocycles. The van der Waals surface area contributed by atoms with Gasteiger partial charge < -0.3 is 5.11 Å². The van der Waals surface area contributed by atoms with Crippen LogP contribution in [0.5, 0.6) is 0 Å². The third kappa shape index (κ3) is 3.36. The van der Waals surface area contributed by atoms with Crippen molar-refractivity contribution in [1.82, 2.24) is 4.90 Å². The van der Waals surface area contributed by atoms with E-state index in [2.05, 4.69) is 54.3 Å². The summed E-state index contributed by atoms with van der Waals surface area (Å²) >= 11 is 0. The number of benzene rings is 2. The summed E-state index contributed by atoms with van der Waals surface area (Å²) in [5.74, 6) is 1.39. The Morgan fingerprint density at radius 3 is 2.25 bits per heavy atom. The van der Waals surface area contributed by atoms with E-state index >= 15 is 0 Å². The zero-order valence-corrected chi connectivity index (χ0v) is 19.7. The second kappa shape index (κ2) is 7.15. The molecule has 170 valence electrons. The van der Waals surface area contributed by atoms with Crippen LogP contribution in [-0.4, -0.2) is 48.9 Å². The highest BCUT2D eigenvalue weighted by atomic mass is 32.2. The van der Waals surface area contributed by atoms with Gasteiger partial charge in [-0.25, -0.2) is 8.42 Å². The number of piperidine rings is 1. The van der Waals surface area contributed by atoms with E-state index in [1.807, 2.05) is 6.07 Å². The van der Waals surface area contributed by atoms with Gasteiger partial charge in [0.05, 0.1) is 16.6 Å². The Kier molecular flexibility index (Phi) is 4.67. The van der Waals surface area contributed by atoms with Gasteiger partial charge in [0.1, 0.15) is 0 Å². The Balaban J connectivity index is 1.14. The van der Waals surface area contributed by atoms with E-state index in [1.54, 1.807) is 0 Å². The first-order valence-corrected chi connectivity index (χ1v) is 13.9. The molecule has 1 unspecified atom stereocenters. The second-order valence-electron chi connectivity index (χ2n) is 10.9. The van der Waals surface area contributed by atoms with Crippen molar-refractivity contribution >= 4 is 9.84 Å². The summed E-state index contributed by atoms with van der Waals surface area (Å²) in [5, 5.41) is 11.2. The molecular formula is C27H33NO3S. The number of rotatable bonds is 7. The molecule has 3 atom stereocenters. The van der Waals surface area contributed by atoms with Crippen LogP contribution in [0.3, 0.4) is 0 Å². The minimum absolute atomic E-state index is 0.104. The molecule has 32 heavy (non-hydrogen) atoms. The van der Waals surface area contributed by atoms with E-state index in [9.17, 15) is 13.5 Å². The van der Waals surface area contributed by atoms with E-state index in [0.29, 0.717) is 11.8 Å². The average molecular weight is 452 g/mol. The van der Waals surface area contributed by atoms with E-state index in [-0.39, 0.29) is 16.4 Å². The highest BCUT2D eigenvalue weighted by molar-refractivity contribution is 7.91. The molecule has 0 aromatic heterocycles. The van der Waals surface area contributed by atoms with Gasteiger partial charge in [-0.05, 0) is 53.4 Å². The number of hydrogen-bond acceptors (Lipinski definition) is 4. The number of aliphatic hydroxyl groups is 1. The zero-order valence-electron chi connectivity index (χ0n) is 18.8. The summed E-state index contributed by atoms with van der Waals surface area (Å²) in [7, 11) is -3.00. The van der Waals surface area contributed by atoms with Crippen molar-refractivity contribution in [3.8, 4) is 0 Å². The van der Waals surface area contributed by atoms with Crippen molar-refractivity contribution in [3.05, 3.63) is 70.8 Å². The maximum atomic E-state index is 12.5. The first-order chi connectivity index (χ1) is 15.3. The molecular weight excluding hydrogens is 418 g/mol. The van der Waals surface area contributed by atoms with Gasteiger partial charge in [-0.3, -0.25) is 4.90 Å². The maximum Gasteiger partial charge on any atom is 0.157 e. The summed E-state index contributed by atoms with van der Waals surface area (Å²) < 4.78 is 25.0. The van der Waals surface area contributed by atoms with Crippen LogP contribution in [0.4, 0.5) is 0 Å². The van der Waals surface area contributed by atoms with Crippen LogP contribution >= 0.6 is 0 Å². The molecule has 0 amide bonds. The van der Waals surface area contributed by atoms with Crippen LogP contribution in [-0.2, 0) is 33.8 Å². The predicted octanol–water partition coefficient (Wildman–Crippen LogP) is 3.50. The van der Waals surface area contributed by atoms with Gasteiger partial charge in [-0.1, -0.05) is 55.5 Å². The quantitative estimate of drug-likeness (QED) is 0.700. The average Bonchev–Trinajstić information content (AvgIpc) is 3.63. The fourth-order valence-electron chi connectivity index (χ4n) is 7.03. The normalized spacial score (nSPS) is 30.8. The van der Waals surface area contributed by atoms with Gasteiger partial charge in [0, 0.05) is 37.9 Å².